The molecule has 2 atom stereocenters. The van der Waals surface area contributed by atoms with Crippen LogP contribution in [0, 0.1) is 0 Å². The number of ether oxygens (including phenoxy) is 2. The van der Waals surface area contributed by atoms with Gasteiger partial charge in [-0.2, -0.15) is 0 Å². The number of nitrogens with one attached hydrogen (secondary N) is 1. The number of piperidine rings is 1. The summed E-state index contributed by atoms with van der Waals surface area (Å²) < 4.78 is 11.7. The van der Waals surface area contributed by atoms with Gasteiger partial charge >= 0.3 is 0 Å². The Morgan fingerprint density at radius 2 is 1.93 bits per heavy atom. The summed E-state index contributed by atoms with van der Waals surface area (Å²) >= 11 is 0. The van der Waals surface area contributed by atoms with Crippen molar-refractivity contribution in [2.75, 3.05) is 31.6 Å². The van der Waals surface area contributed by atoms with Crippen molar-refractivity contribution in [2.24, 2.45) is 0 Å². The van der Waals surface area contributed by atoms with Crippen molar-refractivity contribution in [3.63, 3.8) is 0 Å². The third-order valence-electron chi connectivity index (χ3n) is 6.11. The van der Waals surface area contributed by atoms with Gasteiger partial charge in [0.1, 0.15) is 11.4 Å². The highest BCUT2D eigenvalue weighted by Gasteiger charge is 2.33. The van der Waals surface area contributed by atoms with Crippen LogP contribution in [-0.2, 0) is 9.53 Å². The quantitative estimate of drug-likeness (QED) is 0.421. The molecule has 1 aromatic rings. The molecule has 170 valence electrons. The van der Waals surface area contributed by atoms with Crippen LogP contribution in [0.15, 0.2) is 24.3 Å². The largest absolute Gasteiger partial charge is 0.494 e. The van der Waals surface area contributed by atoms with E-state index < -0.39 is 5.60 Å². The van der Waals surface area contributed by atoms with Gasteiger partial charge in [0.25, 0.3) is 5.91 Å². The summed E-state index contributed by atoms with van der Waals surface area (Å²) in [7, 11) is 0. The predicted molar refractivity (Wildman–Crippen MR) is 124 cm³/mol. The summed E-state index contributed by atoms with van der Waals surface area (Å²) in [4.78, 5) is 15.4. The molecule has 0 bridgehead atoms. The molecule has 1 amide bonds. The van der Waals surface area contributed by atoms with Crippen LogP contribution >= 0.6 is 0 Å². The molecule has 1 aliphatic heterocycles. The maximum Gasteiger partial charge on any atom is 0.256 e. The number of nitrogens with zero attached hydrogens (tertiary/aromatic N) is 1. The van der Waals surface area contributed by atoms with Crippen molar-refractivity contribution in [3.05, 3.63) is 24.3 Å². The fraction of sp³-hybridized carbons (Fsp3) is 0.720. The van der Waals surface area contributed by atoms with E-state index in [1.807, 2.05) is 38.1 Å². The van der Waals surface area contributed by atoms with Crippen molar-refractivity contribution in [1.82, 2.24) is 4.90 Å². The smallest absolute Gasteiger partial charge is 0.256 e. The third kappa shape index (κ3) is 7.92. The average Bonchev–Trinajstić information content (AvgIpc) is 2.74. The van der Waals surface area contributed by atoms with Gasteiger partial charge in [0.2, 0.25) is 0 Å². The number of hydrogen-bond donors (Lipinski definition) is 1. The predicted octanol–water partition coefficient (Wildman–Crippen LogP) is 5.64. The molecule has 1 N–H and O–H groups in total. The first-order valence-electron chi connectivity index (χ1n) is 11.9. The van der Waals surface area contributed by atoms with E-state index in [1.54, 1.807) is 0 Å². The van der Waals surface area contributed by atoms with Gasteiger partial charge in [0.15, 0.2) is 0 Å². The lowest BCUT2D eigenvalue weighted by atomic mass is 9.96. The van der Waals surface area contributed by atoms with Crippen LogP contribution in [0.2, 0.25) is 0 Å². The summed E-state index contributed by atoms with van der Waals surface area (Å²) in [6.07, 6.45) is 8.99. The Hall–Kier alpha value is -1.59. The molecule has 1 saturated heterocycles. The monoisotopic (exact) mass is 418 g/mol. The van der Waals surface area contributed by atoms with Crippen molar-refractivity contribution in [1.29, 1.82) is 0 Å². The van der Waals surface area contributed by atoms with Crippen LogP contribution in [0.3, 0.4) is 0 Å². The molecule has 5 heteroatoms. The number of carbonyl (C=O) groups excluding carboxylic acids is 1. The summed E-state index contributed by atoms with van der Waals surface area (Å²) in [6.45, 7) is 11.9. The van der Waals surface area contributed by atoms with Gasteiger partial charge in [-0.05, 0) is 77.3 Å². The van der Waals surface area contributed by atoms with Gasteiger partial charge in [0.05, 0.1) is 6.61 Å². The Morgan fingerprint density at radius 1 is 1.17 bits per heavy atom. The number of benzene rings is 1. The Balaban J connectivity index is 1.77. The molecule has 1 aromatic carbocycles. The zero-order valence-corrected chi connectivity index (χ0v) is 19.5. The van der Waals surface area contributed by atoms with Crippen LogP contribution in [0.5, 0.6) is 5.75 Å². The molecule has 0 aliphatic carbocycles. The van der Waals surface area contributed by atoms with Gasteiger partial charge in [0, 0.05) is 24.9 Å². The second kappa shape index (κ2) is 13.0. The Labute approximate surface area is 183 Å². The van der Waals surface area contributed by atoms with Gasteiger partial charge in [-0.25, -0.2) is 0 Å². The molecule has 1 fully saturated rings. The molecule has 0 aromatic heterocycles. The first kappa shape index (κ1) is 24.7. The topological polar surface area (TPSA) is 50.8 Å². The Morgan fingerprint density at radius 3 is 2.60 bits per heavy atom. The standard InChI is InChI=1S/C25H42N2O3/c1-5-7-9-17-25(4,30-6-2)24(28)26-22-13-15-23(16-14-22)29-20-11-19-27-18-10-8-12-21(27)3/h13-16,21H,5-12,17-20H2,1-4H3,(H,26,28)/t21-,25+/m1/s1. The Bertz CT molecular complexity index is 619. The zero-order chi connectivity index (χ0) is 21.8. The summed E-state index contributed by atoms with van der Waals surface area (Å²) in [6, 6.07) is 8.35. The highest BCUT2D eigenvalue weighted by Crippen LogP contribution is 2.23. The van der Waals surface area contributed by atoms with E-state index in [0.717, 1.165) is 56.7 Å². The van der Waals surface area contributed by atoms with Crippen LogP contribution < -0.4 is 10.1 Å². The highest BCUT2D eigenvalue weighted by atomic mass is 16.5. The number of likely N-dealkylation sites (tertiary alicyclic amines) is 1. The van der Waals surface area contributed by atoms with Gasteiger partial charge < -0.3 is 19.7 Å². The second-order valence-electron chi connectivity index (χ2n) is 8.68. The number of anilines is 1. The van der Waals surface area contributed by atoms with Crippen LogP contribution in [-0.4, -0.2) is 48.8 Å². The molecule has 30 heavy (non-hydrogen) atoms. The minimum atomic E-state index is -0.787. The summed E-state index contributed by atoms with van der Waals surface area (Å²) in [5, 5.41) is 3.01. The Kier molecular flexibility index (Phi) is 10.7. The van der Waals surface area contributed by atoms with Crippen molar-refractivity contribution >= 4 is 11.6 Å². The second-order valence-corrected chi connectivity index (χ2v) is 8.68. The minimum absolute atomic E-state index is 0.0789. The number of hydrogen-bond acceptors (Lipinski definition) is 4. The van der Waals surface area contributed by atoms with E-state index in [0.29, 0.717) is 12.6 Å². The van der Waals surface area contributed by atoms with E-state index >= 15 is 0 Å². The summed E-state index contributed by atoms with van der Waals surface area (Å²) in [5.74, 6) is 0.764. The normalized spacial score (nSPS) is 19.3. The highest BCUT2D eigenvalue weighted by molar-refractivity contribution is 5.97. The first-order chi connectivity index (χ1) is 14.5. The van der Waals surface area contributed by atoms with Gasteiger partial charge in [-0.3, -0.25) is 4.79 Å². The van der Waals surface area contributed by atoms with Crippen molar-refractivity contribution < 1.29 is 14.3 Å². The lowest BCUT2D eigenvalue weighted by Gasteiger charge is -2.33. The fourth-order valence-electron chi connectivity index (χ4n) is 4.13. The summed E-state index contributed by atoms with van der Waals surface area (Å²) in [5.41, 5.74) is -0.0130. The fourth-order valence-corrected chi connectivity index (χ4v) is 4.13. The van der Waals surface area contributed by atoms with Gasteiger partial charge in [-0.1, -0.05) is 32.6 Å². The first-order valence-corrected chi connectivity index (χ1v) is 11.9. The average molecular weight is 419 g/mol. The number of rotatable bonds is 13. The molecule has 0 saturated carbocycles. The zero-order valence-electron chi connectivity index (χ0n) is 19.5. The number of carbonyl (C=O) groups is 1. The van der Waals surface area contributed by atoms with Crippen molar-refractivity contribution in [2.45, 2.75) is 90.7 Å². The van der Waals surface area contributed by atoms with E-state index in [-0.39, 0.29) is 5.91 Å². The maximum absolute atomic E-state index is 12.8. The van der Waals surface area contributed by atoms with E-state index in [1.165, 1.54) is 25.8 Å². The van der Waals surface area contributed by atoms with Crippen LogP contribution in [0.1, 0.15) is 79.1 Å². The lowest BCUT2D eigenvalue weighted by Crippen LogP contribution is -2.42. The molecule has 0 spiro atoms. The number of unbranched alkanes of at least 4 members (excludes halogenated alkanes) is 2. The van der Waals surface area contributed by atoms with E-state index in [9.17, 15) is 4.79 Å². The third-order valence-corrected chi connectivity index (χ3v) is 6.11. The minimum Gasteiger partial charge on any atom is -0.494 e. The van der Waals surface area contributed by atoms with Gasteiger partial charge in [-0.15, -0.1) is 0 Å². The van der Waals surface area contributed by atoms with E-state index in [4.69, 9.17) is 9.47 Å². The SMILES string of the molecule is CCCCC[C@](C)(OCC)C(=O)Nc1ccc(OCCCN2CCCC[C@H]2C)cc1. The molecular formula is C25H42N2O3. The molecule has 1 aliphatic rings. The molecule has 1 heterocycles. The van der Waals surface area contributed by atoms with Crippen LogP contribution in [0.25, 0.3) is 0 Å². The molecule has 0 unspecified atom stereocenters. The van der Waals surface area contributed by atoms with E-state index in [2.05, 4.69) is 24.1 Å². The molecule has 0 radical (unpaired) electrons. The molecule has 2 rings (SSSR count). The lowest BCUT2D eigenvalue weighted by molar-refractivity contribution is -0.139. The number of amides is 1. The van der Waals surface area contributed by atoms with Crippen molar-refractivity contribution in [3.8, 4) is 5.75 Å². The molecule has 5 nitrogen and oxygen atoms in total. The maximum atomic E-state index is 12.8. The molecular weight excluding hydrogens is 376 g/mol. The van der Waals surface area contributed by atoms with Crippen LogP contribution in [0.4, 0.5) is 5.69 Å².